The Morgan fingerprint density at radius 3 is 2.45 bits per heavy atom. The molecule has 0 atom stereocenters. The Bertz CT molecular complexity index is 634. The minimum absolute atomic E-state index is 0.0299. The minimum atomic E-state index is -0.0299. The van der Waals surface area contributed by atoms with Gasteiger partial charge < -0.3 is 0 Å². The minimum Gasteiger partial charge on any atom is -0.299 e. The second-order valence-corrected chi connectivity index (χ2v) is 5.56. The van der Waals surface area contributed by atoms with Crippen molar-refractivity contribution in [3.8, 4) is 0 Å². The average molecular weight is 299 g/mol. The van der Waals surface area contributed by atoms with Gasteiger partial charge in [-0.05, 0) is 17.7 Å². The maximum Gasteiger partial charge on any atom is 0.266 e. The molecule has 2 aromatic rings. The molecule has 0 amide bonds. The molecule has 0 aromatic carbocycles. The lowest BCUT2D eigenvalue weighted by Crippen LogP contribution is -2.47. The van der Waals surface area contributed by atoms with Gasteiger partial charge in [-0.2, -0.15) is 5.10 Å². The summed E-state index contributed by atoms with van der Waals surface area (Å²) in [5.41, 5.74) is 1.23. The van der Waals surface area contributed by atoms with Crippen LogP contribution in [0.5, 0.6) is 0 Å². The van der Waals surface area contributed by atoms with Crippen LogP contribution in [-0.2, 0) is 13.1 Å². The third-order valence-corrected chi connectivity index (χ3v) is 4.01. The maximum absolute atomic E-state index is 11.6. The monoisotopic (exact) mass is 299 g/mol. The van der Waals surface area contributed by atoms with Gasteiger partial charge >= 0.3 is 0 Å². The summed E-state index contributed by atoms with van der Waals surface area (Å²) in [4.78, 5) is 20.6. The maximum atomic E-state index is 11.6. The first kappa shape index (κ1) is 14.9. The number of aromatic nitrogens is 3. The predicted octanol–water partition coefficient (Wildman–Crippen LogP) is 0.456. The van der Waals surface area contributed by atoms with Gasteiger partial charge in [-0.25, -0.2) is 4.68 Å². The van der Waals surface area contributed by atoms with Crippen molar-refractivity contribution in [3.63, 3.8) is 0 Å². The molecule has 2 aromatic heterocycles. The highest BCUT2D eigenvalue weighted by Gasteiger charge is 2.16. The Balaban J connectivity index is 1.44. The molecule has 0 unspecified atom stereocenters. The summed E-state index contributed by atoms with van der Waals surface area (Å²) in [6, 6.07) is 7.33. The number of pyridine rings is 1. The molecule has 0 bridgehead atoms. The Hall–Kier alpha value is -2.05. The predicted molar refractivity (Wildman–Crippen MR) is 84.5 cm³/mol. The highest BCUT2D eigenvalue weighted by molar-refractivity contribution is 5.08. The second-order valence-electron chi connectivity index (χ2n) is 5.56. The van der Waals surface area contributed by atoms with Crippen molar-refractivity contribution in [1.82, 2.24) is 24.6 Å². The van der Waals surface area contributed by atoms with Crippen LogP contribution in [0, 0.1) is 0 Å². The molecule has 0 saturated carbocycles. The molecular formula is C16H21N5O. The summed E-state index contributed by atoms with van der Waals surface area (Å²) in [5.74, 6) is 0. The Morgan fingerprint density at radius 1 is 0.955 bits per heavy atom. The summed E-state index contributed by atoms with van der Waals surface area (Å²) >= 11 is 0. The van der Waals surface area contributed by atoms with Gasteiger partial charge in [0.1, 0.15) is 0 Å². The molecule has 0 aliphatic carbocycles. The zero-order valence-electron chi connectivity index (χ0n) is 12.6. The molecule has 1 aliphatic rings. The van der Waals surface area contributed by atoms with Crippen molar-refractivity contribution in [3.05, 3.63) is 58.8 Å². The van der Waals surface area contributed by atoms with Crippen LogP contribution >= 0.6 is 0 Å². The summed E-state index contributed by atoms with van der Waals surface area (Å²) in [7, 11) is 0. The first-order valence-corrected chi connectivity index (χ1v) is 7.67. The third-order valence-electron chi connectivity index (χ3n) is 4.01. The Labute approximate surface area is 130 Å². The van der Waals surface area contributed by atoms with E-state index in [-0.39, 0.29) is 5.56 Å². The fourth-order valence-corrected chi connectivity index (χ4v) is 2.71. The van der Waals surface area contributed by atoms with E-state index < -0.39 is 0 Å². The number of hydrogen-bond acceptors (Lipinski definition) is 5. The van der Waals surface area contributed by atoms with Crippen molar-refractivity contribution >= 4 is 0 Å². The number of rotatable bonds is 5. The van der Waals surface area contributed by atoms with Crippen LogP contribution in [0.3, 0.4) is 0 Å². The van der Waals surface area contributed by atoms with E-state index in [0.29, 0.717) is 6.54 Å². The molecule has 3 heterocycles. The molecule has 3 rings (SSSR count). The molecule has 1 aliphatic heterocycles. The van der Waals surface area contributed by atoms with Gasteiger partial charge in [0.25, 0.3) is 5.56 Å². The van der Waals surface area contributed by atoms with Gasteiger partial charge in [-0.15, -0.1) is 0 Å². The van der Waals surface area contributed by atoms with E-state index in [9.17, 15) is 4.79 Å². The van der Waals surface area contributed by atoms with Gasteiger partial charge in [-0.3, -0.25) is 19.6 Å². The number of piperazine rings is 1. The van der Waals surface area contributed by atoms with Crippen molar-refractivity contribution in [2.75, 3.05) is 32.7 Å². The van der Waals surface area contributed by atoms with E-state index in [1.54, 1.807) is 24.5 Å². The van der Waals surface area contributed by atoms with Crippen LogP contribution in [0.4, 0.5) is 0 Å². The van der Waals surface area contributed by atoms with Crippen molar-refractivity contribution < 1.29 is 0 Å². The van der Waals surface area contributed by atoms with Crippen LogP contribution in [-0.4, -0.2) is 57.3 Å². The van der Waals surface area contributed by atoms with E-state index >= 15 is 0 Å². The number of nitrogens with zero attached hydrogens (tertiary/aromatic N) is 5. The van der Waals surface area contributed by atoms with Crippen molar-refractivity contribution in [2.45, 2.75) is 13.1 Å². The van der Waals surface area contributed by atoms with E-state index in [2.05, 4.69) is 25.9 Å². The summed E-state index contributed by atoms with van der Waals surface area (Å²) in [6.45, 7) is 6.64. The highest BCUT2D eigenvalue weighted by atomic mass is 16.1. The van der Waals surface area contributed by atoms with Crippen LogP contribution in [0.15, 0.2) is 47.7 Å². The SMILES string of the molecule is O=c1cccnn1CCN1CCN(Cc2cccnc2)CC1. The van der Waals surface area contributed by atoms with Crippen LogP contribution < -0.4 is 5.56 Å². The van der Waals surface area contributed by atoms with Crippen LogP contribution in [0.2, 0.25) is 0 Å². The van der Waals surface area contributed by atoms with E-state index in [1.807, 2.05) is 12.3 Å². The van der Waals surface area contributed by atoms with Crippen molar-refractivity contribution in [1.29, 1.82) is 0 Å². The standard InChI is InChI=1S/C16H21N5O/c22-16-4-2-6-18-21(16)12-11-19-7-9-20(10-8-19)14-15-3-1-5-17-13-15/h1-6,13H,7-12,14H2. The second kappa shape index (κ2) is 7.29. The lowest BCUT2D eigenvalue weighted by molar-refractivity contribution is 0.122. The van der Waals surface area contributed by atoms with Gasteiger partial charge in [0.05, 0.1) is 6.54 Å². The first-order chi connectivity index (χ1) is 10.8. The Kier molecular flexibility index (Phi) is 4.92. The fraction of sp³-hybridized carbons (Fsp3) is 0.438. The average Bonchev–Trinajstić information content (AvgIpc) is 2.56. The molecule has 0 spiro atoms. The molecule has 0 N–H and O–H groups in total. The normalized spacial score (nSPS) is 16.7. The Morgan fingerprint density at radius 2 is 1.73 bits per heavy atom. The zero-order valence-corrected chi connectivity index (χ0v) is 12.6. The molecule has 0 radical (unpaired) electrons. The largest absolute Gasteiger partial charge is 0.299 e. The first-order valence-electron chi connectivity index (χ1n) is 7.67. The molecule has 1 saturated heterocycles. The van der Waals surface area contributed by atoms with Gasteiger partial charge in [0.2, 0.25) is 0 Å². The van der Waals surface area contributed by atoms with E-state index in [0.717, 1.165) is 39.3 Å². The molecule has 6 nitrogen and oxygen atoms in total. The molecule has 116 valence electrons. The number of hydrogen-bond donors (Lipinski definition) is 0. The van der Waals surface area contributed by atoms with Crippen LogP contribution in [0.1, 0.15) is 5.56 Å². The van der Waals surface area contributed by atoms with E-state index in [4.69, 9.17) is 0 Å². The third kappa shape index (κ3) is 3.99. The molecule has 6 heteroatoms. The topological polar surface area (TPSA) is 54.3 Å². The molecular weight excluding hydrogens is 278 g/mol. The summed E-state index contributed by atoms with van der Waals surface area (Å²) in [5, 5.41) is 4.09. The van der Waals surface area contributed by atoms with Gasteiger partial charge in [0.15, 0.2) is 0 Å². The van der Waals surface area contributed by atoms with E-state index in [1.165, 1.54) is 10.2 Å². The molecule has 1 fully saturated rings. The lowest BCUT2D eigenvalue weighted by atomic mass is 10.2. The lowest BCUT2D eigenvalue weighted by Gasteiger charge is -2.34. The van der Waals surface area contributed by atoms with Gasteiger partial charge in [0, 0.05) is 63.9 Å². The van der Waals surface area contributed by atoms with Crippen molar-refractivity contribution in [2.24, 2.45) is 0 Å². The quantitative estimate of drug-likeness (QED) is 0.803. The van der Waals surface area contributed by atoms with Crippen LogP contribution in [0.25, 0.3) is 0 Å². The summed E-state index contributed by atoms with van der Waals surface area (Å²) in [6.07, 6.45) is 5.40. The zero-order chi connectivity index (χ0) is 15.2. The highest BCUT2D eigenvalue weighted by Crippen LogP contribution is 2.07. The fourth-order valence-electron chi connectivity index (χ4n) is 2.71. The molecule has 22 heavy (non-hydrogen) atoms. The smallest absolute Gasteiger partial charge is 0.266 e. The van der Waals surface area contributed by atoms with Gasteiger partial charge in [-0.1, -0.05) is 6.07 Å². The summed E-state index contributed by atoms with van der Waals surface area (Å²) < 4.78 is 1.53.